The second kappa shape index (κ2) is 4.75. The van der Waals surface area contributed by atoms with Crippen LogP contribution in [-0.2, 0) is 11.3 Å². The summed E-state index contributed by atoms with van der Waals surface area (Å²) in [6, 6.07) is 1.97. The van der Waals surface area contributed by atoms with Gasteiger partial charge < -0.3 is 5.32 Å². The zero-order chi connectivity index (χ0) is 10.7. The molecule has 0 saturated heterocycles. The summed E-state index contributed by atoms with van der Waals surface area (Å²) in [5, 5.41) is 2.93. The largest absolute Gasteiger partial charge is 0.352 e. The molecule has 0 radical (unpaired) electrons. The van der Waals surface area contributed by atoms with Gasteiger partial charge in [0.05, 0.1) is 0 Å². The molecule has 4 heteroatoms. The van der Waals surface area contributed by atoms with Gasteiger partial charge in [0.15, 0.2) is 0 Å². The van der Waals surface area contributed by atoms with E-state index >= 15 is 0 Å². The number of carbonyl (C=O) groups excluding carboxylic acids is 1. The molecule has 3 nitrogen and oxygen atoms in total. The third-order valence-electron chi connectivity index (χ3n) is 2.70. The van der Waals surface area contributed by atoms with Crippen LogP contribution in [-0.4, -0.2) is 10.9 Å². The van der Waals surface area contributed by atoms with E-state index in [0.717, 1.165) is 22.9 Å². The summed E-state index contributed by atoms with van der Waals surface area (Å²) in [5.41, 5.74) is 1.03. The Balaban J connectivity index is 1.84. The second-order valence-electron chi connectivity index (χ2n) is 3.86. The Morgan fingerprint density at radius 1 is 1.53 bits per heavy atom. The molecule has 2 rings (SSSR count). The maximum Gasteiger partial charge on any atom is 0.223 e. The number of hydrogen-bond acceptors (Lipinski definition) is 2. The number of aromatic nitrogens is 1. The molecule has 1 aliphatic rings. The lowest BCUT2D eigenvalue weighted by Gasteiger charge is -2.23. The van der Waals surface area contributed by atoms with E-state index in [1.165, 1.54) is 6.42 Å². The second-order valence-corrected chi connectivity index (χ2v) is 4.77. The van der Waals surface area contributed by atoms with Crippen LogP contribution in [0.5, 0.6) is 0 Å². The molecule has 1 aromatic rings. The molecule has 1 aromatic heterocycles. The van der Waals surface area contributed by atoms with Crippen molar-refractivity contribution >= 4 is 21.8 Å². The van der Waals surface area contributed by atoms with Crippen LogP contribution in [0.1, 0.15) is 24.8 Å². The van der Waals surface area contributed by atoms with Gasteiger partial charge in [-0.25, -0.2) is 0 Å². The molecule has 0 spiro atoms. The Hall–Kier alpha value is -0.900. The van der Waals surface area contributed by atoms with Crippen molar-refractivity contribution in [2.24, 2.45) is 5.92 Å². The normalized spacial score (nSPS) is 15.8. The summed E-state index contributed by atoms with van der Waals surface area (Å²) in [6.45, 7) is 0.571. The quantitative estimate of drug-likeness (QED) is 0.914. The predicted octanol–water partition coefficient (Wildman–Crippen LogP) is 2.26. The van der Waals surface area contributed by atoms with Crippen molar-refractivity contribution in [2.75, 3.05) is 0 Å². The Kier molecular flexibility index (Phi) is 3.36. The molecule has 0 bridgehead atoms. The van der Waals surface area contributed by atoms with Crippen molar-refractivity contribution in [1.29, 1.82) is 0 Å². The summed E-state index contributed by atoms with van der Waals surface area (Å²) >= 11 is 3.35. The van der Waals surface area contributed by atoms with Crippen molar-refractivity contribution in [3.63, 3.8) is 0 Å². The van der Waals surface area contributed by atoms with Crippen LogP contribution in [0.4, 0.5) is 0 Å². The van der Waals surface area contributed by atoms with Gasteiger partial charge in [0, 0.05) is 29.3 Å². The van der Waals surface area contributed by atoms with E-state index in [9.17, 15) is 4.79 Å². The minimum atomic E-state index is 0.182. The lowest BCUT2D eigenvalue weighted by atomic mass is 9.85. The van der Waals surface area contributed by atoms with Crippen LogP contribution in [0.2, 0.25) is 0 Å². The van der Waals surface area contributed by atoms with Gasteiger partial charge in [-0.3, -0.25) is 9.78 Å². The third-order valence-corrected chi connectivity index (χ3v) is 3.14. The van der Waals surface area contributed by atoms with Crippen molar-refractivity contribution < 1.29 is 4.79 Å². The lowest BCUT2D eigenvalue weighted by Crippen LogP contribution is -2.33. The number of hydrogen-bond donors (Lipinski definition) is 1. The highest BCUT2D eigenvalue weighted by Gasteiger charge is 2.24. The smallest absolute Gasteiger partial charge is 0.223 e. The molecule has 1 N–H and O–H groups in total. The maximum atomic E-state index is 11.5. The van der Waals surface area contributed by atoms with Crippen LogP contribution in [0.3, 0.4) is 0 Å². The number of carbonyl (C=O) groups is 1. The highest BCUT2D eigenvalue weighted by molar-refractivity contribution is 9.10. The Labute approximate surface area is 97.4 Å². The molecular weight excluding hydrogens is 256 g/mol. The van der Waals surface area contributed by atoms with Gasteiger partial charge in [0.25, 0.3) is 0 Å². The van der Waals surface area contributed by atoms with Crippen LogP contribution in [0.15, 0.2) is 22.9 Å². The van der Waals surface area contributed by atoms with Gasteiger partial charge in [-0.2, -0.15) is 0 Å². The number of halogens is 1. The minimum absolute atomic E-state index is 0.182. The molecule has 15 heavy (non-hydrogen) atoms. The number of rotatable bonds is 3. The lowest BCUT2D eigenvalue weighted by molar-refractivity contribution is -0.127. The van der Waals surface area contributed by atoms with E-state index in [4.69, 9.17) is 0 Å². The monoisotopic (exact) mass is 268 g/mol. The summed E-state index contributed by atoms with van der Waals surface area (Å²) < 4.78 is 0.942. The van der Waals surface area contributed by atoms with E-state index in [-0.39, 0.29) is 11.8 Å². The van der Waals surface area contributed by atoms with Gasteiger partial charge >= 0.3 is 0 Å². The standard InChI is InChI=1S/C11H13BrN2O/c12-10-4-8(5-13-7-10)6-14-11(15)9-2-1-3-9/h4-5,7,9H,1-3,6H2,(H,14,15). The molecular formula is C11H13BrN2O. The number of nitrogens with zero attached hydrogens (tertiary/aromatic N) is 1. The van der Waals surface area contributed by atoms with E-state index < -0.39 is 0 Å². The Morgan fingerprint density at radius 3 is 2.93 bits per heavy atom. The Bertz CT molecular complexity index is 363. The highest BCUT2D eigenvalue weighted by Crippen LogP contribution is 2.26. The zero-order valence-electron chi connectivity index (χ0n) is 8.37. The molecule has 1 aliphatic carbocycles. The molecule has 1 heterocycles. The fraction of sp³-hybridized carbons (Fsp3) is 0.455. The molecule has 1 saturated carbocycles. The average Bonchev–Trinajstić information content (AvgIpc) is 2.12. The fourth-order valence-corrected chi connectivity index (χ4v) is 1.97. The van der Waals surface area contributed by atoms with Gasteiger partial charge in [-0.05, 0) is 40.4 Å². The molecule has 0 unspecified atom stereocenters. The van der Waals surface area contributed by atoms with Gasteiger partial charge in [0.2, 0.25) is 5.91 Å². The minimum Gasteiger partial charge on any atom is -0.352 e. The highest BCUT2D eigenvalue weighted by atomic mass is 79.9. The summed E-state index contributed by atoms with van der Waals surface area (Å²) in [5.74, 6) is 0.436. The third kappa shape index (κ3) is 2.78. The van der Waals surface area contributed by atoms with E-state index in [0.29, 0.717) is 6.54 Å². The van der Waals surface area contributed by atoms with Crippen molar-refractivity contribution in [3.05, 3.63) is 28.5 Å². The van der Waals surface area contributed by atoms with E-state index in [2.05, 4.69) is 26.2 Å². The number of amides is 1. The summed E-state index contributed by atoms with van der Waals surface area (Å²) in [7, 11) is 0. The van der Waals surface area contributed by atoms with Crippen LogP contribution in [0, 0.1) is 5.92 Å². The zero-order valence-corrected chi connectivity index (χ0v) is 9.96. The van der Waals surface area contributed by atoms with Gasteiger partial charge in [0.1, 0.15) is 0 Å². The van der Waals surface area contributed by atoms with Crippen molar-refractivity contribution in [3.8, 4) is 0 Å². The topological polar surface area (TPSA) is 42.0 Å². The summed E-state index contributed by atoms with van der Waals surface area (Å²) in [6.07, 6.45) is 6.78. The van der Waals surface area contributed by atoms with E-state index in [1.54, 1.807) is 12.4 Å². The number of pyridine rings is 1. The SMILES string of the molecule is O=C(NCc1cncc(Br)c1)C1CCC1. The molecule has 0 aliphatic heterocycles. The van der Waals surface area contributed by atoms with Crippen LogP contribution >= 0.6 is 15.9 Å². The first-order chi connectivity index (χ1) is 7.25. The van der Waals surface area contributed by atoms with Crippen LogP contribution in [0.25, 0.3) is 0 Å². The molecule has 1 amide bonds. The van der Waals surface area contributed by atoms with Gasteiger partial charge in [-0.15, -0.1) is 0 Å². The first-order valence-corrected chi connectivity index (χ1v) is 5.92. The average molecular weight is 269 g/mol. The summed E-state index contributed by atoms with van der Waals surface area (Å²) in [4.78, 5) is 15.6. The van der Waals surface area contributed by atoms with Crippen molar-refractivity contribution in [2.45, 2.75) is 25.8 Å². The first kappa shape index (κ1) is 10.6. The molecule has 80 valence electrons. The van der Waals surface area contributed by atoms with Crippen molar-refractivity contribution in [1.82, 2.24) is 10.3 Å². The predicted molar refractivity (Wildman–Crippen MR) is 61.1 cm³/mol. The Morgan fingerprint density at radius 2 is 2.33 bits per heavy atom. The first-order valence-electron chi connectivity index (χ1n) is 5.13. The molecule has 0 atom stereocenters. The molecule has 1 fully saturated rings. The fourth-order valence-electron chi connectivity index (χ4n) is 1.56. The van der Waals surface area contributed by atoms with E-state index in [1.807, 2.05) is 6.07 Å². The van der Waals surface area contributed by atoms with Gasteiger partial charge in [-0.1, -0.05) is 6.42 Å². The van der Waals surface area contributed by atoms with Crippen LogP contribution < -0.4 is 5.32 Å². The molecule has 0 aromatic carbocycles. The maximum absolute atomic E-state index is 11.5. The number of nitrogens with one attached hydrogen (secondary N) is 1.